The Kier molecular flexibility index (Phi) is 7.58. The lowest BCUT2D eigenvalue weighted by Crippen LogP contribution is -2.20. The molecule has 0 bridgehead atoms. The van der Waals surface area contributed by atoms with Crippen LogP contribution in [0.5, 0.6) is 5.75 Å². The Hall–Kier alpha value is -2.02. The van der Waals surface area contributed by atoms with Crippen molar-refractivity contribution in [3.05, 3.63) is 85.8 Å². The molecule has 0 saturated carbocycles. The van der Waals surface area contributed by atoms with E-state index in [2.05, 4.69) is 42.5 Å². The minimum atomic E-state index is -0.211. The maximum atomic E-state index is 12.2. The zero-order valence-electron chi connectivity index (χ0n) is 15.6. The van der Waals surface area contributed by atoms with Gasteiger partial charge in [-0.1, -0.05) is 39.7 Å². The molecule has 7 heteroatoms. The number of nitrogens with one attached hydrogen (secondary N) is 2. The summed E-state index contributed by atoms with van der Waals surface area (Å²) in [5.41, 5.74) is 3.64. The van der Waals surface area contributed by atoms with Gasteiger partial charge in [0.1, 0.15) is 5.75 Å². The second kappa shape index (κ2) is 10.1. The first-order chi connectivity index (χ1) is 13.9. The van der Waals surface area contributed by atoms with Crippen LogP contribution in [0.3, 0.4) is 0 Å². The molecule has 0 heterocycles. The summed E-state index contributed by atoms with van der Waals surface area (Å²) in [4.78, 5) is 12.2. The molecule has 2 N–H and O–H groups in total. The van der Waals surface area contributed by atoms with E-state index in [1.54, 1.807) is 0 Å². The van der Waals surface area contributed by atoms with Gasteiger partial charge in [-0.15, -0.1) is 0 Å². The van der Waals surface area contributed by atoms with Crippen LogP contribution < -0.4 is 15.4 Å². The Bertz CT molecular complexity index is 1030. The molecule has 0 atom stereocenters. The molecular weight excluding hydrogens is 520 g/mol. The number of amides is 1. The van der Waals surface area contributed by atoms with E-state index in [-0.39, 0.29) is 12.5 Å². The van der Waals surface area contributed by atoms with E-state index in [1.165, 1.54) is 0 Å². The van der Waals surface area contributed by atoms with Crippen LogP contribution >= 0.6 is 43.5 Å². The van der Waals surface area contributed by atoms with Gasteiger partial charge in [-0.25, -0.2) is 0 Å². The summed E-state index contributed by atoms with van der Waals surface area (Å²) in [6.45, 7) is 2.42. The van der Waals surface area contributed by atoms with Crippen LogP contribution in [0.25, 0.3) is 0 Å². The summed E-state index contributed by atoms with van der Waals surface area (Å²) in [7, 11) is 0. The van der Waals surface area contributed by atoms with Crippen molar-refractivity contribution in [1.29, 1.82) is 0 Å². The number of rotatable bonds is 7. The van der Waals surface area contributed by atoms with Crippen molar-refractivity contribution in [3.8, 4) is 5.75 Å². The maximum absolute atomic E-state index is 12.2. The molecule has 0 saturated heterocycles. The van der Waals surface area contributed by atoms with Gasteiger partial charge in [0.2, 0.25) is 0 Å². The highest BCUT2D eigenvalue weighted by molar-refractivity contribution is 9.10. The van der Waals surface area contributed by atoms with Crippen LogP contribution in [0.1, 0.15) is 11.1 Å². The van der Waals surface area contributed by atoms with E-state index >= 15 is 0 Å². The smallest absolute Gasteiger partial charge is 0.262 e. The van der Waals surface area contributed by atoms with Crippen molar-refractivity contribution in [2.45, 2.75) is 13.5 Å². The Morgan fingerprint density at radius 3 is 2.62 bits per heavy atom. The third-order valence-electron chi connectivity index (χ3n) is 4.09. The highest BCUT2D eigenvalue weighted by Crippen LogP contribution is 2.28. The number of halogens is 3. The second-order valence-electron chi connectivity index (χ2n) is 6.44. The van der Waals surface area contributed by atoms with Crippen molar-refractivity contribution in [1.82, 2.24) is 0 Å². The molecule has 1 amide bonds. The molecule has 4 nitrogen and oxygen atoms in total. The Morgan fingerprint density at radius 1 is 1.03 bits per heavy atom. The quantitative estimate of drug-likeness (QED) is 0.348. The number of ether oxygens (including phenoxy) is 1. The molecule has 3 aromatic carbocycles. The van der Waals surface area contributed by atoms with Gasteiger partial charge in [0.25, 0.3) is 5.91 Å². The molecule has 0 aliphatic heterocycles. The van der Waals surface area contributed by atoms with Gasteiger partial charge in [-0.05, 0) is 76.9 Å². The zero-order chi connectivity index (χ0) is 20.8. The summed E-state index contributed by atoms with van der Waals surface area (Å²) in [6.07, 6.45) is 0. The molecule has 150 valence electrons. The highest BCUT2D eigenvalue weighted by Gasteiger charge is 2.09. The van der Waals surface area contributed by atoms with Crippen LogP contribution in [0.4, 0.5) is 11.4 Å². The van der Waals surface area contributed by atoms with Crippen LogP contribution in [0.2, 0.25) is 5.02 Å². The highest BCUT2D eigenvalue weighted by atomic mass is 79.9. The second-order valence-corrected chi connectivity index (χ2v) is 8.62. The fourth-order valence-corrected chi connectivity index (χ4v) is 3.53. The Morgan fingerprint density at radius 2 is 1.86 bits per heavy atom. The summed E-state index contributed by atoms with van der Waals surface area (Å²) in [6, 6.07) is 19.0. The molecule has 0 spiro atoms. The molecule has 0 unspecified atom stereocenters. The van der Waals surface area contributed by atoms with Crippen LogP contribution in [-0.2, 0) is 11.3 Å². The number of aryl methyl sites for hydroxylation is 1. The largest absolute Gasteiger partial charge is 0.483 e. The lowest BCUT2D eigenvalue weighted by Gasteiger charge is -2.14. The first-order valence-electron chi connectivity index (χ1n) is 8.87. The third kappa shape index (κ3) is 6.49. The molecule has 0 aromatic heterocycles. The molecule has 29 heavy (non-hydrogen) atoms. The number of benzene rings is 3. The Balaban J connectivity index is 1.63. The van der Waals surface area contributed by atoms with E-state index in [0.29, 0.717) is 17.3 Å². The average molecular weight is 539 g/mol. The fraction of sp³-hybridized carbons (Fsp3) is 0.136. The minimum absolute atomic E-state index is 0.0767. The van der Waals surface area contributed by atoms with Crippen LogP contribution in [-0.4, -0.2) is 12.5 Å². The van der Waals surface area contributed by atoms with E-state index in [1.807, 2.05) is 67.6 Å². The van der Waals surface area contributed by atoms with Crippen molar-refractivity contribution in [2.75, 3.05) is 17.2 Å². The number of anilines is 2. The van der Waals surface area contributed by atoms with Gasteiger partial charge in [-0.3, -0.25) is 4.79 Å². The molecule has 0 aliphatic rings. The van der Waals surface area contributed by atoms with Gasteiger partial charge in [0, 0.05) is 32.4 Å². The first-order valence-corrected chi connectivity index (χ1v) is 10.8. The maximum Gasteiger partial charge on any atom is 0.262 e. The van der Waals surface area contributed by atoms with Gasteiger partial charge >= 0.3 is 0 Å². The molecular formula is C22H19Br2ClN2O2. The van der Waals surface area contributed by atoms with Gasteiger partial charge < -0.3 is 15.4 Å². The SMILES string of the molecule is Cc1cccc(NC(=O)COc2ccc(Br)cc2CNc2ccc(Br)c(Cl)c2)c1. The number of carbonyl (C=O) groups is 1. The predicted molar refractivity (Wildman–Crippen MR) is 126 cm³/mol. The molecule has 3 rings (SSSR count). The average Bonchev–Trinajstić information content (AvgIpc) is 2.68. The predicted octanol–water partition coefficient (Wildman–Crippen LogP) is 6.80. The van der Waals surface area contributed by atoms with E-state index < -0.39 is 0 Å². The lowest BCUT2D eigenvalue weighted by molar-refractivity contribution is -0.118. The summed E-state index contributed by atoms with van der Waals surface area (Å²) < 4.78 is 7.55. The summed E-state index contributed by atoms with van der Waals surface area (Å²) in [5, 5.41) is 6.80. The number of carbonyl (C=O) groups excluding carboxylic acids is 1. The summed E-state index contributed by atoms with van der Waals surface area (Å²) >= 11 is 13.0. The molecule has 0 radical (unpaired) electrons. The summed E-state index contributed by atoms with van der Waals surface area (Å²) in [5.74, 6) is 0.431. The van der Waals surface area contributed by atoms with Crippen molar-refractivity contribution < 1.29 is 9.53 Å². The van der Waals surface area contributed by atoms with E-state index in [9.17, 15) is 4.79 Å². The van der Waals surface area contributed by atoms with Crippen molar-refractivity contribution in [3.63, 3.8) is 0 Å². The van der Waals surface area contributed by atoms with Gasteiger partial charge in [-0.2, -0.15) is 0 Å². The van der Waals surface area contributed by atoms with Crippen LogP contribution in [0, 0.1) is 6.92 Å². The fourth-order valence-electron chi connectivity index (χ4n) is 2.69. The third-order valence-corrected chi connectivity index (χ3v) is 5.81. The van der Waals surface area contributed by atoms with Crippen molar-refractivity contribution >= 4 is 60.7 Å². The standard InChI is InChI=1S/C22H19Br2ClN2O2/c1-14-3-2-4-18(9-14)27-22(28)13-29-21-8-5-16(23)10-15(21)12-26-17-6-7-19(24)20(25)11-17/h2-11,26H,12-13H2,1H3,(H,27,28). The van der Waals surface area contributed by atoms with E-state index in [0.717, 1.165) is 31.4 Å². The molecule has 3 aromatic rings. The van der Waals surface area contributed by atoms with Gasteiger partial charge in [0.05, 0.1) is 5.02 Å². The first kappa shape index (κ1) is 21.7. The topological polar surface area (TPSA) is 50.4 Å². The zero-order valence-corrected chi connectivity index (χ0v) is 19.6. The normalized spacial score (nSPS) is 10.5. The van der Waals surface area contributed by atoms with Crippen LogP contribution in [0.15, 0.2) is 69.6 Å². The monoisotopic (exact) mass is 536 g/mol. The molecule has 0 aliphatic carbocycles. The van der Waals surface area contributed by atoms with Gasteiger partial charge in [0.15, 0.2) is 6.61 Å². The minimum Gasteiger partial charge on any atom is -0.483 e. The lowest BCUT2D eigenvalue weighted by atomic mass is 10.2. The Labute approximate surface area is 191 Å². The number of hydrogen-bond acceptors (Lipinski definition) is 3. The number of hydrogen-bond donors (Lipinski definition) is 2. The molecule has 0 fully saturated rings. The van der Waals surface area contributed by atoms with Crippen molar-refractivity contribution in [2.24, 2.45) is 0 Å². The van der Waals surface area contributed by atoms with E-state index in [4.69, 9.17) is 16.3 Å².